The van der Waals surface area contributed by atoms with E-state index in [1.165, 1.54) is 0 Å². The number of nitrogens with one attached hydrogen (secondary N) is 1. The fraction of sp³-hybridized carbons (Fsp3) is 0.600. The van der Waals surface area contributed by atoms with Crippen LogP contribution in [0.2, 0.25) is 0 Å². The van der Waals surface area contributed by atoms with Crippen LogP contribution in [0.4, 0.5) is 0 Å². The first kappa shape index (κ1) is 14.5. The molecule has 1 atom stereocenters. The van der Waals surface area contributed by atoms with Crippen molar-refractivity contribution in [1.29, 1.82) is 0 Å². The highest BCUT2D eigenvalue weighted by atomic mass is 32.2. The Balaban J connectivity index is 2.12. The van der Waals surface area contributed by atoms with Crippen molar-refractivity contribution < 1.29 is 8.42 Å². The van der Waals surface area contributed by atoms with Gasteiger partial charge in [-0.25, -0.2) is 8.42 Å². The van der Waals surface area contributed by atoms with Crippen LogP contribution < -0.4 is 5.32 Å². The number of sulfone groups is 1. The summed E-state index contributed by atoms with van der Waals surface area (Å²) in [6.45, 7) is 2.79. The van der Waals surface area contributed by atoms with Crippen LogP contribution in [-0.2, 0) is 9.84 Å². The molecule has 0 aliphatic heterocycles. The molecule has 0 spiro atoms. The lowest BCUT2D eigenvalue weighted by Gasteiger charge is -2.20. The normalized spacial score (nSPS) is 18.6. The van der Waals surface area contributed by atoms with Gasteiger partial charge in [0.05, 0.1) is 11.0 Å². The molecule has 0 heterocycles. The standard InChI is InChI=1S/C15H23NO2S/c1-2-16-15(13-8-4-3-5-9-13)12-19(17,18)14-10-6-7-11-14/h3-5,8-9,14-16H,2,6-7,10-12H2,1H3. The lowest BCUT2D eigenvalue weighted by molar-refractivity contribution is 0.548. The van der Waals surface area contributed by atoms with E-state index in [1.807, 2.05) is 37.3 Å². The summed E-state index contributed by atoms with van der Waals surface area (Å²) in [5, 5.41) is 3.19. The molecule has 1 aromatic carbocycles. The molecule has 1 aromatic rings. The first-order valence-electron chi connectivity index (χ1n) is 7.13. The lowest BCUT2D eigenvalue weighted by Crippen LogP contribution is -2.32. The van der Waals surface area contributed by atoms with E-state index in [9.17, 15) is 8.42 Å². The number of hydrogen-bond donors (Lipinski definition) is 1. The van der Waals surface area contributed by atoms with Crippen LogP contribution in [0.1, 0.15) is 44.2 Å². The van der Waals surface area contributed by atoms with E-state index in [2.05, 4.69) is 5.32 Å². The Labute approximate surface area is 116 Å². The van der Waals surface area contributed by atoms with Gasteiger partial charge in [-0.1, -0.05) is 50.1 Å². The van der Waals surface area contributed by atoms with E-state index in [4.69, 9.17) is 0 Å². The summed E-state index contributed by atoms with van der Waals surface area (Å²) in [6.07, 6.45) is 3.80. The minimum Gasteiger partial charge on any atom is -0.309 e. The maximum atomic E-state index is 12.5. The molecule has 3 nitrogen and oxygen atoms in total. The van der Waals surface area contributed by atoms with Crippen LogP contribution in [-0.4, -0.2) is 26.0 Å². The van der Waals surface area contributed by atoms with Crippen molar-refractivity contribution in [3.05, 3.63) is 35.9 Å². The second kappa shape index (κ2) is 6.53. The third kappa shape index (κ3) is 3.80. The Morgan fingerprint density at radius 3 is 2.42 bits per heavy atom. The highest BCUT2D eigenvalue weighted by molar-refractivity contribution is 7.92. The van der Waals surface area contributed by atoms with Crippen LogP contribution in [0, 0.1) is 0 Å². The van der Waals surface area contributed by atoms with Gasteiger partial charge in [0, 0.05) is 6.04 Å². The average molecular weight is 281 g/mol. The summed E-state index contributed by atoms with van der Waals surface area (Å²) in [4.78, 5) is 0. The Morgan fingerprint density at radius 1 is 1.21 bits per heavy atom. The number of hydrogen-bond acceptors (Lipinski definition) is 3. The van der Waals surface area contributed by atoms with Gasteiger partial charge in [0.15, 0.2) is 9.84 Å². The van der Waals surface area contributed by atoms with E-state index >= 15 is 0 Å². The molecule has 1 fully saturated rings. The zero-order chi connectivity index (χ0) is 13.7. The summed E-state index contributed by atoms with van der Waals surface area (Å²) in [5.74, 6) is 0.218. The molecule has 2 rings (SSSR count). The molecule has 1 unspecified atom stereocenters. The van der Waals surface area contributed by atoms with Gasteiger partial charge in [0.25, 0.3) is 0 Å². The Morgan fingerprint density at radius 2 is 1.84 bits per heavy atom. The average Bonchev–Trinajstić information content (AvgIpc) is 2.94. The van der Waals surface area contributed by atoms with Crippen molar-refractivity contribution >= 4 is 9.84 Å². The monoisotopic (exact) mass is 281 g/mol. The second-order valence-electron chi connectivity index (χ2n) is 5.26. The molecular weight excluding hydrogens is 258 g/mol. The molecule has 1 aliphatic rings. The van der Waals surface area contributed by atoms with E-state index in [-0.39, 0.29) is 17.0 Å². The molecule has 4 heteroatoms. The molecule has 0 aromatic heterocycles. The molecular formula is C15H23NO2S. The third-order valence-corrected chi connectivity index (χ3v) is 6.15. The first-order chi connectivity index (χ1) is 9.13. The Hall–Kier alpha value is -0.870. The molecule has 106 valence electrons. The van der Waals surface area contributed by atoms with Crippen molar-refractivity contribution in [2.45, 2.75) is 43.9 Å². The topological polar surface area (TPSA) is 46.2 Å². The smallest absolute Gasteiger partial charge is 0.155 e. The zero-order valence-electron chi connectivity index (χ0n) is 11.5. The highest BCUT2D eigenvalue weighted by Gasteiger charge is 2.31. The molecule has 1 N–H and O–H groups in total. The van der Waals surface area contributed by atoms with E-state index < -0.39 is 9.84 Å². The van der Waals surface area contributed by atoms with Gasteiger partial charge < -0.3 is 5.32 Å². The van der Waals surface area contributed by atoms with E-state index in [1.54, 1.807) is 0 Å². The van der Waals surface area contributed by atoms with Gasteiger partial charge in [-0.15, -0.1) is 0 Å². The summed E-state index contributed by atoms with van der Waals surface area (Å²) in [5.41, 5.74) is 1.06. The predicted molar refractivity (Wildman–Crippen MR) is 78.9 cm³/mol. The van der Waals surface area contributed by atoms with E-state index in [0.717, 1.165) is 37.8 Å². The van der Waals surface area contributed by atoms with Gasteiger partial charge >= 0.3 is 0 Å². The van der Waals surface area contributed by atoms with Crippen molar-refractivity contribution in [1.82, 2.24) is 5.32 Å². The number of benzene rings is 1. The molecule has 0 bridgehead atoms. The van der Waals surface area contributed by atoms with Gasteiger partial charge in [0.1, 0.15) is 0 Å². The minimum absolute atomic E-state index is 0.0863. The lowest BCUT2D eigenvalue weighted by atomic mass is 10.1. The zero-order valence-corrected chi connectivity index (χ0v) is 12.3. The SMILES string of the molecule is CCNC(CS(=O)(=O)C1CCCC1)c1ccccc1. The van der Waals surface area contributed by atoms with Crippen molar-refractivity contribution in [2.75, 3.05) is 12.3 Å². The molecule has 0 saturated heterocycles. The second-order valence-corrected chi connectivity index (χ2v) is 7.58. The Bertz CT molecular complexity index is 478. The molecule has 1 aliphatic carbocycles. The van der Waals surface area contributed by atoms with Crippen LogP contribution in [0.25, 0.3) is 0 Å². The molecule has 19 heavy (non-hydrogen) atoms. The van der Waals surface area contributed by atoms with Crippen molar-refractivity contribution in [3.8, 4) is 0 Å². The predicted octanol–water partition coefficient (Wildman–Crippen LogP) is 2.69. The van der Waals surface area contributed by atoms with Crippen molar-refractivity contribution in [2.24, 2.45) is 0 Å². The largest absolute Gasteiger partial charge is 0.309 e. The molecule has 0 amide bonds. The third-order valence-electron chi connectivity index (χ3n) is 3.86. The van der Waals surface area contributed by atoms with Crippen LogP contribution in [0.15, 0.2) is 30.3 Å². The molecule has 1 saturated carbocycles. The van der Waals surface area contributed by atoms with Gasteiger partial charge in [-0.05, 0) is 24.9 Å². The molecule has 0 radical (unpaired) electrons. The fourth-order valence-corrected chi connectivity index (χ4v) is 4.92. The number of rotatable bonds is 6. The fourth-order valence-electron chi connectivity index (χ4n) is 2.82. The maximum Gasteiger partial charge on any atom is 0.155 e. The van der Waals surface area contributed by atoms with Gasteiger partial charge in [-0.2, -0.15) is 0 Å². The Kier molecular flexibility index (Phi) is 4.99. The summed E-state index contributed by atoms with van der Waals surface area (Å²) >= 11 is 0. The first-order valence-corrected chi connectivity index (χ1v) is 8.85. The van der Waals surface area contributed by atoms with Crippen molar-refractivity contribution in [3.63, 3.8) is 0 Å². The summed E-state index contributed by atoms with van der Waals surface area (Å²) in [6, 6.07) is 9.79. The highest BCUT2D eigenvalue weighted by Crippen LogP contribution is 2.27. The summed E-state index contributed by atoms with van der Waals surface area (Å²) < 4.78 is 24.9. The van der Waals surface area contributed by atoms with Gasteiger partial charge in [0.2, 0.25) is 0 Å². The van der Waals surface area contributed by atoms with E-state index in [0.29, 0.717) is 0 Å². The van der Waals surface area contributed by atoms with Crippen LogP contribution in [0.3, 0.4) is 0 Å². The quantitative estimate of drug-likeness (QED) is 0.872. The summed E-state index contributed by atoms with van der Waals surface area (Å²) in [7, 11) is -2.99. The van der Waals surface area contributed by atoms with Crippen LogP contribution in [0.5, 0.6) is 0 Å². The van der Waals surface area contributed by atoms with Gasteiger partial charge in [-0.3, -0.25) is 0 Å². The minimum atomic E-state index is -2.99. The maximum absolute atomic E-state index is 12.5. The van der Waals surface area contributed by atoms with Crippen LogP contribution >= 0.6 is 0 Å².